The van der Waals surface area contributed by atoms with Gasteiger partial charge >= 0.3 is 0 Å². The molecule has 0 spiro atoms. The summed E-state index contributed by atoms with van der Waals surface area (Å²) >= 11 is 2.02. The molecule has 1 aromatic carbocycles. The average molecular weight is 328 g/mol. The number of rotatable bonds is 5. The molecule has 21 heavy (non-hydrogen) atoms. The Balaban J connectivity index is 1.98. The summed E-state index contributed by atoms with van der Waals surface area (Å²) in [6.45, 7) is 0. The van der Waals surface area contributed by atoms with Crippen LogP contribution in [0.4, 0.5) is 13.8 Å². The number of hydrogen-bond acceptors (Lipinski definition) is 4. The molecular weight excluding hydrogens is 318 g/mol. The Morgan fingerprint density at radius 2 is 2.05 bits per heavy atom. The fourth-order valence-corrected chi connectivity index (χ4v) is 3.06. The van der Waals surface area contributed by atoms with Gasteiger partial charge in [-0.2, -0.15) is 0 Å². The Morgan fingerprint density at radius 1 is 1.29 bits per heavy atom. The van der Waals surface area contributed by atoms with E-state index in [4.69, 9.17) is 5.73 Å². The monoisotopic (exact) mass is 328 g/mol. The van der Waals surface area contributed by atoms with Crippen LogP contribution in [-0.2, 0) is 4.79 Å². The van der Waals surface area contributed by atoms with Crippen LogP contribution in [0.25, 0.3) is 0 Å². The number of halogens is 2. The van der Waals surface area contributed by atoms with E-state index in [2.05, 4.69) is 5.32 Å². The predicted molar refractivity (Wildman–Crippen MR) is 78.5 cm³/mol. The number of primary amides is 1. The standard InChI is InChI=1S/C13H10F2N2O2S2/c14-7-1-2-9(15)10(5-7)21-6-11(18)17-13-8(12(16)19)3-4-20-13/h1-5H,6H2,(H2,16,19)(H,17,18). The van der Waals surface area contributed by atoms with Crippen molar-refractivity contribution in [3.05, 3.63) is 46.8 Å². The molecule has 2 amide bonds. The first-order valence-electron chi connectivity index (χ1n) is 5.72. The van der Waals surface area contributed by atoms with Crippen LogP contribution in [0.15, 0.2) is 34.5 Å². The summed E-state index contributed by atoms with van der Waals surface area (Å²) in [5, 5.41) is 4.48. The van der Waals surface area contributed by atoms with Gasteiger partial charge in [-0.25, -0.2) is 8.78 Å². The summed E-state index contributed by atoms with van der Waals surface area (Å²) in [5.74, 6) is -2.36. The third-order valence-electron chi connectivity index (χ3n) is 2.44. The number of amides is 2. The van der Waals surface area contributed by atoms with Crippen molar-refractivity contribution in [2.45, 2.75) is 4.90 Å². The Bertz CT molecular complexity index is 689. The number of hydrogen-bond donors (Lipinski definition) is 2. The van der Waals surface area contributed by atoms with Crippen LogP contribution in [0.1, 0.15) is 10.4 Å². The Morgan fingerprint density at radius 3 is 2.76 bits per heavy atom. The highest BCUT2D eigenvalue weighted by Crippen LogP contribution is 2.25. The van der Waals surface area contributed by atoms with Crippen LogP contribution in [-0.4, -0.2) is 17.6 Å². The molecule has 4 nitrogen and oxygen atoms in total. The minimum absolute atomic E-state index is 0.0476. The lowest BCUT2D eigenvalue weighted by Crippen LogP contribution is -2.17. The maximum atomic E-state index is 13.4. The molecule has 0 unspecified atom stereocenters. The highest BCUT2D eigenvalue weighted by molar-refractivity contribution is 8.00. The minimum Gasteiger partial charge on any atom is -0.366 e. The summed E-state index contributed by atoms with van der Waals surface area (Å²) in [7, 11) is 0. The van der Waals surface area contributed by atoms with Crippen molar-refractivity contribution in [3.63, 3.8) is 0 Å². The molecule has 3 N–H and O–H groups in total. The molecule has 0 saturated carbocycles. The van der Waals surface area contributed by atoms with E-state index in [9.17, 15) is 18.4 Å². The first-order chi connectivity index (χ1) is 9.97. The lowest BCUT2D eigenvalue weighted by molar-refractivity contribution is -0.113. The molecule has 8 heteroatoms. The van der Waals surface area contributed by atoms with Crippen LogP contribution < -0.4 is 11.1 Å². The van der Waals surface area contributed by atoms with Gasteiger partial charge in [-0.3, -0.25) is 9.59 Å². The molecule has 110 valence electrons. The van der Waals surface area contributed by atoms with Crippen molar-refractivity contribution in [2.75, 3.05) is 11.1 Å². The third kappa shape index (κ3) is 4.02. The van der Waals surface area contributed by atoms with Crippen molar-refractivity contribution < 1.29 is 18.4 Å². The second kappa shape index (κ2) is 6.68. The van der Waals surface area contributed by atoms with Crippen molar-refractivity contribution in [3.8, 4) is 0 Å². The molecule has 1 aromatic heterocycles. The maximum Gasteiger partial charge on any atom is 0.251 e. The molecule has 2 rings (SSSR count). The summed E-state index contributed by atoms with van der Waals surface area (Å²) in [4.78, 5) is 22.9. The van der Waals surface area contributed by atoms with E-state index in [0.29, 0.717) is 5.00 Å². The molecule has 2 aromatic rings. The van der Waals surface area contributed by atoms with Gasteiger partial charge in [0.2, 0.25) is 5.91 Å². The smallest absolute Gasteiger partial charge is 0.251 e. The van der Waals surface area contributed by atoms with Crippen LogP contribution in [0.5, 0.6) is 0 Å². The van der Waals surface area contributed by atoms with Crippen molar-refractivity contribution >= 4 is 39.9 Å². The number of nitrogens with two attached hydrogens (primary N) is 1. The second-order valence-corrected chi connectivity index (χ2v) is 5.87. The Hall–Kier alpha value is -1.93. The van der Waals surface area contributed by atoms with E-state index >= 15 is 0 Å². The lowest BCUT2D eigenvalue weighted by atomic mass is 10.3. The van der Waals surface area contributed by atoms with Gasteiger partial charge < -0.3 is 11.1 Å². The molecule has 0 bridgehead atoms. The zero-order valence-corrected chi connectivity index (χ0v) is 12.2. The quantitative estimate of drug-likeness (QED) is 0.829. The van der Waals surface area contributed by atoms with Gasteiger partial charge in [0, 0.05) is 4.90 Å². The van der Waals surface area contributed by atoms with Gasteiger partial charge in [0.05, 0.1) is 11.3 Å². The third-order valence-corrected chi connectivity index (χ3v) is 4.30. The number of benzene rings is 1. The Labute approximate surface area is 127 Å². The maximum absolute atomic E-state index is 13.4. The first kappa shape index (κ1) is 15.5. The van der Waals surface area contributed by atoms with Gasteiger partial charge in [0.15, 0.2) is 0 Å². The van der Waals surface area contributed by atoms with Crippen LogP contribution in [0, 0.1) is 11.6 Å². The summed E-state index contributed by atoms with van der Waals surface area (Å²) in [6.07, 6.45) is 0. The molecule has 0 fully saturated rings. The number of thioether (sulfide) groups is 1. The van der Waals surface area contributed by atoms with E-state index in [1.165, 1.54) is 6.07 Å². The van der Waals surface area contributed by atoms with E-state index in [0.717, 1.165) is 41.3 Å². The first-order valence-corrected chi connectivity index (χ1v) is 7.59. The van der Waals surface area contributed by atoms with Crippen LogP contribution in [0.3, 0.4) is 0 Å². The molecule has 1 heterocycles. The highest BCUT2D eigenvalue weighted by atomic mass is 32.2. The molecule has 0 aliphatic rings. The average Bonchev–Trinajstić information content (AvgIpc) is 2.88. The largest absolute Gasteiger partial charge is 0.366 e. The van der Waals surface area contributed by atoms with Crippen LogP contribution >= 0.6 is 23.1 Å². The number of thiophene rings is 1. The van der Waals surface area contributed by atoms with Crippen molar-refractivity contribution in [1.82, 2.24) is 0 Å². The number of anilines is 1. The zero-order chi connectivity index (χ0) is 15.4. The normalized spacial score (nSPS) is 10.4. The molecule has 0 aliphatic carbocycles. The SMILES string of the molecule is NC(=O)c1ccsc1NC(=O)CSc1cc(F)ccc1F. The van der Waals surface area contributed by atoms with E-state index in [1.54, 1.807) is 5.38 Å². The van der Waals surface area contributed by atoms with E-state index in [-0.39, 0.29) is 16.2 Å². The van der Waals surface area contributed by atoms with E-state index < -0.39 is 23.4 Å². The fourth-order valence-electron chi connectivity index (χ4n) is 1.49. The van der Waals surface area contributed by atoms with E-state index in [1.807, 2.05) is 0 Å². The summed E-state index contributed by atoms with van der Waals surface area (Å²) < 4.78 is 26.4. The summed E-state index contributed by atoms with van der Waals surface area (Å²) in [6, 6.07) is 4.53. The van der Waals surface area contributed by atoms with Crippen LogP contribution in [0.2, 0.25) is 0 Å². The van der Waals surface area contributed by atoms with Crippen molar-refractivity contribution in [1.29, 1.82) is 0 Å². The zero-order valence-electron chi connectivity index (χ0n) is 10.6. The number of carbonyl (C=O) groups excluding carboxylic acids is 2. The fraction of sp³-hybridized carbons (Fsp3) is 0.0769. The number of nitrogens with one attached hydrogen (secondary N) is 1. The predicted octanol–water partition coefficient (Wildman–Crippen LogP) is 2.86. The topological polar surface area (TPSA) is 72.2 Å². The molecule has 0 radical (unpaired) electrons. The molecule has 0 aliphatic heterocycles. The molecular formula is C13H10F2N2O2S2. The lowest BCUT2D eigenvalue weighted by Gasteiger charge is -2.05. The summed E-state index contributed by atoms with van der Waals surface area (Å²) in [5.41, 5.74) is 5.37. The number of carbonyl (C=O) groups is 2. The van der Waals surface area contributed by atoms with Gasteiger partial charge in [0.25, 0.3) is 5.91 Å². The molecule has 0 saturated heterocycles. The van der Waals surface area contributed by atoms with Gasteiger partial charge in [0.1, 0.15) is 16.6 Å². The second-order valence-electron chi connectivity index (χ2n) is 3.94. The van der Waals surface area contributed by atoms with Gasteiger partial charge in [-0.05, 0) is 29.6 Å². The van der Waals surface area contributed by atoms with Gasteiger partial charge in [-0.1, -0.05) is 0 Å². The van der Waals surface area contributed by atoms with Gasteiger partial charge in [-0.15, -0.1) is 23.1 Å². The minimum atomic E-state index is -0.643. The highest BCUT2D eigenvalue weighted by Gasteiger charge is 2.13. The van der Waals surface area contributed by atoms with Crippen molar-refractivity contribution in [2.24, 2.45) is 5.73 Å². The Kier molecular flexibility index (Phi) is 4.92. The molecule has 0 atom stereocenters.